The highest BCUT2D eigenvalue weighted by molar-refractivity contribution is 7.98. The zero-order chi connectivity index (χ0) is 20.2. The molecule has 1 atom stereocenters. The Labute approximate surface area is 176 Å². The van der Waals surface area contributed by atoms with Crippen molar-refractivity contribution in [3.63, 3.8) is 0 Å². The second-order valence-electron chi connectivity index (χ2n) is 7.33. The molecule has 4 rings (SSSR count). The molecular weight excluding hydrogens is 378 g/mol. The molecule has 3 nitrogen and oxygen atoms in total. The summed E-state index contributed by atoms with van der Waals surface area (Å²) >= 11 is 1.71. The van der Waals surface area contributed by atoms with E-state index in [0.717, 1.165) is 40.5 Å². The van der Waals surface area contributed by atoms with E-state index in [2.05, 4.69) is 25.1 Å². The number of anilines is 1. The normalized spacial score (nSPS) is 15.7. The van der Waals surface area contributed by atoms with Gasteiger partial charge in [-0.15, -0.1) is 11.8 Å². The molecule has 148 valence electrons. The minimum atomic E-state index is 0.0692. The van der Waals surface area contributed by atoms with Crippen LogP contribution < -0.4 is 9.64 Å². The van der Waals surface area contributed by atoms with Gasteiger partial charge in [-0.1, -0.05) is 42.5 Å². The van der Waals surface area contributed by atoms with E-state index in [-0.39, 0.29) is 11.9 Å². The van der Waals surface area contributed by atoms with Crippen LogP contribution in [-0.2, 0) is 12.2 Å². The van der Waals surface area contributed by atoms with Gasteiger partial charge in [-0.25, -0.2) is 0 Å². The van der Waals surface area contributed by atoms with E-state index in [1.54, 1.807) is 18.9 Å². The van der Waals surface area contributed by atoms with Crippen molar-refractivity contribution in [2.75, 3.05) is 12.0 Å². The number of aryl methyl sites for hydroxylation is 1. The highest BCUT2D eigenvalue weighted by atomic mass is 32.2. The second kappa shape index (κ2) is 8.75. The zero-order valence-electron chi connectivity index (χ0n) is 16.8. The minimum Gasteiger partial charge on any atom is -0.497 e. The molecule has 0 saturated heterocycles. The van der Waals surface area contributed by atoms with Crippen LogP contribution in [0.1, 0.15) is 34.8 Å². The molecule has 0 saturated carbocycles. The average Bonchev–Trinajstić information content (AvgIpc) is 2.78. The first-order valence-corrected chi connectivity index (χ1v) is 10.9. The fourth-order valence-electron chi connectivity index (χ4n) is 3.80. The van der Waals surface area contributed by atoms with E-state index < -0.39 is 0 Å². The third-order valence-corrected chi connectivity index (χ3v) is 6.54. The molecule has 0 fully saturated rings. The summed E-state index contributed by atoms with van der Waals surface area (Å²) in [5.41, 5.74) is 4.19. The first-order valence-electron chi connectivity index (χ1n) is 9.93. The lowest BCUT2D eigenvalue weighted by molar-refractivity contribution is 0.0972. The number of fused-ring (bicyclic) bond motifs is 1. The van der Waals surface area contributed by atoms with Gasteiger partial charge in [0.15, 0.2) is 0 Å². The molecule has 0 spiro atoms. The van der Waals surface area contributed by atoms with E-state index in [4.69, 9.17) is 4.74 Å². The first-order chi connectivity index (χ1) is 14.2. The van der Waals surface area contributed by atoms with Crippen molar-refractivity contribution in [1.29, 1.82) is 0 Å². The maximum atomic E-state index is 13.6. The largest absolute Gasteiger partial charge is 0.497 e. The molecule has 29 heavy (non-hydrogen) atoms. The van der Waals surface area contributed by atoms with Crippen molar-refractivity contribution >= 4 is 23.4 Å². The number of nitrogens with zero attached hydrogens (tertiary/aromatic N) is 1. The van der Waals surface area contributed by atoms with Crippen LogP contribution in [-0.4, -0.2) is 19.1 Å². The Morgan fingerprint density at radius 2 is 1.83 bits per heavy atom. The number of hydrogen-bond donors (Lipinski definition) is 0. The highest BCUT2D eigenvalue weighted by Gasteiger charge is 2.30. The molecule has 0 aromatic heterocycles. The van der Waals surface area contributed by atoms with E-state index in [0.29, 0.717) is 0 Å². The Kier molecular flexibility index (Phi) is 5.91. The highest BCUT2D eigenvalue weighted by Crippen LogP contribution is 2.36. The van der Waals surface area contributed by atoms with Gasteiger partial charge in [0, 0.05) is 22.4 Å². The molecule has 0 N–H and O–H groups in total. The minimum absolute atomic E-state index is 0.0692. The van der Waals surface area contributed by atoms with E-state index in [1.165, 1.54) is 11.1 Å². The van der Waals surface area contributed by atoms with Crippen molar-refractivity contribution in [3.8, 4) is 5.75 Å². The van der Waals surface area contributed by atoms with Crippen LogP contribution in [0.3, 0.4) is 0 Å². The van der Waals surface area contributed by atoms with Crippen LogP contribution in [0.25, 0.3) is 0 Å². The fraction of sp³-hybridized carbons (Fsp3) is 0.240. The molecule has 4 heteroatoms. The lowest BCUT2D eigenvalue weighted by atomic mass is 9.95. The SMILES string of the molecule is COc1ccc2c(c1)CCC(C)N2C(=O)c1ccccc1SCc1ccccc1. The summed E-state index contributed by atoms with van der Waals surface area (Å²) in [7, 11) is 1.68. The number of carbonyl (C=O) groups excluding carboxylic acids is 1. The maximum Gasteiger partial charge on any atom is 0.259 e. The van der Waals surface area contributed by atoms with Crippen molar-refractivity contribution in [1.82, 2.24) is 0 Å². The monoisotopic (exact) mass is 403 g/mol. The summed E-state index contributed by atoms with van der Waals surface area (Å²) in [6.45, 7) is 2.13. The van der Waals surface area contributed by atoms with Crippen LogP contribution in [0.4, 0.5) is 5.69 Å². The predicted octanol–water partition coefficient (Wildman–Crippen LogP) is 5.97. The Morgan fingerprint density at radius 3 is 2.62 bits per heavy atom. The number of hydrogen-bond acceptors (Lipinski definition) is 3. The number of methoxy groups -OCH3 is 1. The Morgan fingerprint density at radius 1 is 1.07 bits per heavy atom. The molecular formula is C25H25NO2S. The van der Waals surface area contributed by atoms with Gasteiger partial charge < -0.3 is 9.64 Å². The van der Waals surface area contributed by atoms with Gasteiger partial charge in [0.25, 0.3) is 5.91 Å². The number of rotatable bonds is 5. The smallest absolute Gasteiger partial charge is 0.259 e. The lowest BCUT2D eigenvalue weighted by Gasteiger charge is -2.36. The van der Waals surface area contributed by atoms with Crippen molar-refractivity contribution in [2.45, 2.75) is 36.5 Å². The van der Waals surface area contributed by atoms with Gasteiger partial charge in [0.2, 0.25) is 0 Å². The van der Waals surface area contributed by atoms with Crippen LogP contribution in [0.5, 0.6) is 5.75 Å². The molecule has 3 aromatic carbocycles. The van der Waals surface area contributed by atoms with E-state index >= 15 is 0 Å². The van der Waals surface area contributed by atoms with Crippen LogP contribution in [0.15, 0.2) is 77.7 Å². The molecule has 0 radical (unpaired) electrons. The summed E-state index contributed by atoms with van der Waals surface area (Å²) in [5, 5.41) is 0. The van der Waals surface area contributed by atoms with Gasteiger partial charge in [-0.3, -0.25) is 4.79 Å². The zero-order valence-corrected chi connectivity index (χ0v) is 17.6. The summed E-state index contributed by atoms with van der Waals surface area (Å²) in [6.07, 6.45) is 1.91. The van der Waals surface area contributed by atoms with Gasteiger partial charge in [0.1, 0.15) is 5.75 Å². The third-order valence-electron chi connectivity index (χ3n) is 5.39. The summed E-state index contributed by atoms with van der Waals surface area (Å²) in [5.74, 6) is 1.75. The van der Waals surface area contributed by atoms with Gasteiger partial charge >= 0.3 is 0 Å². The maximum absolute atomic E-state index is 13.6. The molecule has 1 unspecified atom stereocenters. The summed E-state index contributed by atoms with van der Waals surface area (Å²) in [4.78, 5) is 16.6. The lowest BCUT2D eigenvalue weighted by Crippen LogP contribution is -2.42. The van der Waals surface area contributed by atoms with E-state index in [1.807, 2.05) is 59.5 Å². The average molecular weight is 404 g/mol. The quantitative estimate of drug-likeness (QED) is 0.492. The van der Waals surface area contributed by atoms with Crippen molar-refractivity contribution in [3.05, 3.63) is 89.5 Å². The number of benzene rings is 3. The topological polar surface area (TPSA) is 29.5 Å². The van der Waals surface area contributed by atoms with E-state index in [9.17, 15) is 4.79 Å². The van der Waals surface area contributed by atoms with Crippen molar-refractivity contribution in [2.24, 2.45) is 0 Å². The Balaban J connectivity index is 1.63. The molecule has 1 heterocycles. The fourth-order valence-corrected chi connectivity index (χ4v) is 4.80. The second-order valence-corrected chi connectivity index (χ2v) is 8.35. The van der Waals surface area contributed by atoms with Gasteiger partial charge in [0.05, 0.1) is 12.7 Å². The van der Waals surface area contributed by atoms with Crippen LogP contribution >= 0.6 is 11.8 Å². The summed E-state index contributed by atoms with van der Waals surface area (Å²) in [6, 6.07) is 24.5. The van der Waals surface area contributed by atoms with Crippen LogP contribution in [0, 0.1) is 0 Å². The molecule has 3 aromatic rings. The predicted molar refractivity (Wildman–Crippen MR) is 120 cm³/mol. The van der Waals surface area contributed by atoms with Gasteiger partial charge in [-0.05, 0) is 61.2 Å². The molecule has 0 bridgehead atoms. The molecule has 1 aliphatic rings. The number of thioether (sulfide) groups is 1. The van der Waals surface area contributed by atoms with Gasteiger partial charge in [-0.2, -0.15) is 0 Å². The Bertz CT molecular complexity index is 1000. The van der Waals surface area contributed by atoms with Crippen LogP contribution in [0.2, 0.25) is 0 Å². The summed E-state index contributed by atoms with van der Waals surface area (Å²) < 4.78 is 5.37. The standard InChI is InChI=1S/C25H25NO2S/c1-18-12-13-20-16-21(28-2)14-15-23(20)26(18)25(27)22-10-6-7-11-24(22)29-17-19-8-4-3-5-9-19/h3-11,14-16,18H,12-13,17H2,1-2H3. The number of ether oxygens (including phenoxy) is 1. The Hall–Kier alpha value is -2.72. The molecule has 1 aliphatic heterocycles. The molecule has 1 amide bonds. The molecule has 0 aliphatic carbocycles. The first kappa shape index (κ1) is 19.6. The van der Waals surface area contributed by atoms with Crippen molar-refractivity contribution < 1.29 is 9.53 Å². The third kappa shape index (κ3) is 4.18. The number of amides is 1. The number of carbonyl (C=O) groups is 1.